The van der Waals surface area contributed by atoms with Crippen molar-refractivity contribution in [2.45, 2.75) is 13.5 Å². The van der Waals surface area contributed by atoms with Crippen molar-refractivity contribution in [2.75, 3.05) is 27.9 Å². The van der Waals surface area contributed by atoms with Gasteiger partial charge in [0.25, 0.3) is 0 Å². The van der Waals surface area contributed by atoms with Crippen LogP contribution in [0, 0.1) is 0 Å². The van der Waals surface area contributed by atoms with Crippen molar-refractivity contribution in [2.24, 2.45) is 0 Å². The molecule has 0 saturated carbocycles. The summed E-state index contributed by atoms with van der Waals surface area (Å²) in [4.78, 5) is 36.8. The highest BCUT2D eigenvalue weighted by Crippen LogP contribution is 2.38. The predicted octanol–water partition coefficient (Wildman–Crippen LogP) is 2.45. The number of esters is 1. The van der Waals surface area contributed by atoms with Crippen LogP contribution >= 0.6 is 11.3 Å². The SMILES string of the molecule is COc1cc(C(=O)OCC(=O)c2ccc(CNC(C)=O)s2)cc(OC)c1OC. The van der Waals surface area contributed by atoms with Gasteiger partial charge in [-0.25, -0.2) is 4.79 Å². The Morgan fingerprint density at radius 2 is 1.64 bits per heavy atom. The predicted molar refractivity (Wildman–Crippen MR) is 103 cm³/mol. The zero-order valence-corrected chi connectivity index (χ0v) is 16.8. The van der Waals surface area contributed by atoms with E-state index < -0.39 is 12.6 Å². The minimum absolute atomic E-state index is 0.152. The number of carbonyl (C=O) groups is 3. The number of carbonyl (C=O) groups excluding carboxylic acids is 3. The van der Waals surface area contributed by atoms with Gasteiger partial charge in [0.05, 0.1) is 38.3 Å². The van der Waals surface area contributed by atoms with E-state index in [9.17, 15) is 14.4 Å². The second-order valence-corrected chi connectivity index (χ2v) is 6.76. The van der Waals surface area contributed by atoms with Crippen LogP contribution in [0.5, 0.6) is 17.2 Å². The first-order valence-electron chi connectivity index (χ1n) is 8.23. The zero-order valence-electron chi connectivity index (χ0n) is 16.0. The van der Waals surface area contributed by atoms with Crippen LogP contribution in [0.1, 0.15) is 31.8 Å². The van der Waals surface area contributed by atoms with Gasteiger partial charge in [0, 0.05) is 11.8 Å². The van der Waals surface area contributed by atoms with Gasteiger partial charge in [-0.15, -0.1) is 11.3 Å². The maximum Gasteiger partial charge on any atom is 0.338 e. The molecule has 0 radical (unpaired) electrons. The summed E-state index contributed by atoms with van der Waals surface area (Å²) in [6.45, 7) is 1.36. The molecule has 0 unspecified atom stereocenters. The molecule has 2 aromatic rings. The number of benzene rings is 1. The van der Waals surface area contributed by atoms with Crippen LogP contribution in [-0.2, 0) is 16.1 Å². The molecular weight excluding hydrogens is 386 g/mol. The van der Waals surface area contributed by atoms with E-state index in [1.54, 1.807) is 12.1 Å². The summed E-state index contributed by atoms with van der Waals surface area (Å²) in [5, 5.41) is 2.66. The van der Waals surface area contributed by atoms with E-state index >= 15 is 0 Å². The second kappa shape index (κ2) is 9.75. The van der Waals surface area contributed by atoms with E-state index in [-0.39, 0.29) is 17.3 Å². The lowest BCUT2D eigenvalue weighted by atomic mass is 10.2. The first-order chi connectivity index (χ1) is 13.4. The highest BCUT2D eigenvalue weighted by Gasteiger charge is 2.19. The van der Waals surface area contributed by atoms with E-state index in [2.05, 4.69) is 5.32 Å². The summed E-state index contributed by atoms with van der Waals surface area (Å²) in [6.07, 6.45) is 0. The van der Waals surface area contributed by atoms with Crippen molar-refractivity contribution < 1.29 is 33.3 Å². The molecule has 0 bridgehead atoms. The number of hydrogen-bond acceptors (Lipinski definition) is 8. The fraction of sp³-hybridized carbons (Fsp3) is 0.316. The average Bonchev–Trinajstić information content (AvgIpc) is 3.18. The van der Waals surface area contributed by atoms with Gasteiger partial charge in [0.1, 0.15) is 0 Å². The lowest BCUT2D eigenvalue weighted by Gasteiger charge is -2.13. The number of methoxy groups -OCH3 is 3. The summed E-state index contributed by atoms with van der Waals surface area (Å²) >= 11 is 1.24. The number of Topliss-reactive ketones (excluding diaryl/α,β-unsaturated/α-hetero) is 1. The number of ketones is 1. The maximum atomic E-state index is 12.3. The van der Waals surface area contributed by atoms with Gasteiger partial charge in [0.15, 0.2) is 18.1 Å². The van der Waals surface area contributed by atoms with Crippen molar-refractivity contribution in [3.05, 3.63) is 39.6 Å². The third kappa shape index (κ3) is 5.23. The minimum Gasteiger partial charge on any atom is -0.493 e. The van der Waals surface area contributed by atoms with Crippen LogP contribution in [0.25, 0.3) is 0 Å². The Balaban J connectivity index is 2.03. The van der Waals surface area contributed by atoms with Crippen LogP contribution in [0.2, 0.25) is 0 Å². The molecule has 1 aromatic carbocycles. The van der Waals surface area contributed by atoms with Crippen molar-refractivity contribution in [3.8, 4) is 17.2 Å². The monoisotopic (exact) mass is 407 g/mol. The Labute approximate surface area is 166 Å². The van der Waals surface area contributed by atoms with Crippen LogP contribution < -0.4 is 19.5 Å². The third-order valence-corrected chi connectivity index (χ3v) is 4.81. The molecule has 28 heavy (non-hydrogen) atoms. The Morgan fingerprint density at radius 1 is 1.00 bits per heavy atom. The second-order valence-electron chi connectivity index (χ2n) is 5.59. The van der Waals surface area contributed by atoms with E-state index in [0.29, 0.717) is 28.7 Å². The summed E-state index contributed by atoms with van der Waals surface area (Å²) in [7, 11) is 4.33. The van der Waals surface area contributed by atoms with Gasteiger partial charge in [-0.1, -0.05) is 0 Å². The molecule has 0 spiro atoms. The largest absolute Gasteiger partial charge is 0.493 e. The molecule has 0 aliphatic carbocycles. The Kier molecular flexibility index (Phi) is 7.39. The van der Waals surface area contributed by atoms with Gasteiger partial charge in [-0.05, 0) is 24.3 Å². The zero-order chi connectivity index (χ0) is 20.7. The van der Waals surface area contributed by atoms with Crippen LogP contribution in [0.4, 0.5) is 0 Å². The molecule has 0 atom stereocenters. The number of thiophene rings is 1. The fourth-order valence-corrected chi connectivity index (χ4v) is 3.19. The molecule has 0 saturated heterocycles. The molecule has 0 aliphatic heterocycles. The lowest BCUT2D eigenvalue weighted by Crippen LogP contribution is -2.18. The van der Waals surface area contributed by atoms with Gasteiger partial charge >= 0.3 is 5.97 Å². The van der Waals surface area contributed by atoms with E-state index in [4.69, 9.17) is 18.9 Å². The molecule has 1 N–H and O–H groups in total. The first kappa shape index (κ1) is 21.2. The Morgan fingerprint density at radius 3 is 2.18 bits per heavy atom. The number of ether oxygens (including phenoxy) is 4. The molecule has 2 rings (SSSR count). The van der Waals surface area contributed by atoms with Gasteiger partial charge in [-0.2, -0.15) is 0 Å². The number of nitrogens with one attached hydrogen (secondary N) is 1. The smallest absolute Gasteiger partial charge is 0.338 e. The van der Waals surface area contributed by atoms with Crippen LogP contribution in [0.15, 0.2) is 24.3 Å². The van der Waals surface area contributed by atoms with Crippen LogP contribution in [0.3, 0.4) is 0 Å². The van der Waals surface area contributed by atoms with Crippen molar-refractivity contribution in [1.29, 1.82) is 0 Å². The summed E-state index contributed by atoms with van der Waals surface area (Å²) in [5.41, 5.74) is 0.167. The molecule has 1 amide bonds. The standard InChI is InChI=1S/C19H21NO7S/c1-11(21)20-9-13-5-6-17(28-13)14(22)10-27-19(23)12-7-15(24-2)18(26-4)16(8-12)25-3/h5-8H,9-10H2,1-4H3,(H,20,21). The van der Waals surface area contributed by atoms with Gasteiger partial charge in [-0.3, -0.25) is 9.59 Å². The number of amides is 1. The molecule has 150 valence electrons. The number of rotatable bonds is 9. The summed E-state index contributed by atoms with van der Waals surface area (Å²) < 4.78 is 20.7. The Hall–Kier alpha value is -3.07. The fourth-order valence-electron chi connectivity index (χ4n) is 2.32. The molecule has 8 nitrogen and oxygen atoms in total. The minimum atomic E-state index is -0.692. The van der Waals surface area contributed by atoms with Crippen LogP contribution in [-0.4, -0.2) is 45.6 Å². The highest BCUT2D eigenvalue weighted by molar-refractivity contribution is 7.14. The highest BCUT2D eigenvalue weighted by atomic mass is 32.1. The maximum absolute atomic E-state index is 12.3. The van der Waals surface area contributed by atoms with E-state index in [1.807, 2.05) is 0 Å². The van der Waals surface area contributed by atoms with Gasteiger partial charge in [0.2, 0.25) is 17.4 Å². The van der Waals surface area contributed by atoms with E-state index in [1.165, 1.54) is 51.7 Å². The molecule has 1 heterocycles. The number of hydrogen-bond donors (Lipinski definition) is 1. The first-order valence-corrected chi connectivity index (χ1v) is 9.04. The normalized spacial score (nSPS) is 10.1. The molecule has 9 heteroatoms. The molecule has 0 fully saturated rings. The van der Waals surface area contributed by atoms with Crippen molar-refractivity contribution >= 4 is 29.0 Å². The summed E-state index contributed by atoms with van der Waals surface area (Å²) in [5.74, 6) is -0.215. The van der Waals surface area contributed by atoms with Crippen molar-refractivity contribution in [1.82, 2.24) is 5.32 Å². The molecular formula is C19H21NO7S. The summed E-state index contributed by atoms with van der Waals surface area (Å²) in [6, 6.07) is 6.28. The topological polar surface area (TPSA) is 100 Å². The third-order valence-electron chi connectivity index (χ3n) is 3.68. The van der Waals surface area contributed by atoms with E-state index in [0.717, 1.165) is 4.88 Å². The molecule has 1 aromatic heterocycles. The average molecular weight is 407 g/mol. The quantitative estimate of drug-likeness (QED) is 0.503. The van der Waals surface area contributed by atoms with Gasteiger partial charge < -0.3 is 24.3 Å². The lowest BCUT2D eigenvalue weighted by molar-refractivity contribution is -0.119. The molecule has 0 aliphatic rings. The van der Waals surface area contributed by atoms with Crippen molar-refractivity contribution in [3.63, 3.8) is 0 Å². The Bertz CT molecular complexity index is 850.